The van der Waals surface area contributed by atoms with Crippen LogP contribution in [0.2, 0.25) is 5.02 Å². The Morgan fingerprint density at radius 2 is 1.83 bits per heavy atom. The average molecular weight is 433 g/mol. The predicted molar refractivity (Wildman–Crippen MR) is 120 cm³/mol. The Balaban J connectivity index is 2.13. The maximum Gasteiger partial charge on any atom is 0.254 e. The molecule has 0 radical (unpaired) electrons. The molecule has 0 saturated carbocycles. The molecule has 0 spiro atoms. The lowest BCUT2D eigenvalue weighted by atomic mass is 10.1. The lowest BCUT2D eigenvalue weighted by Gasteiger charge is -2.19. The van der Waals surface area contributed by atoms with E-state index in [0.29, 0.717) is 35.3 Å². The summed E-state index contributed by atoms with van der Waals surface area (Å²) in [4.78, 5) is 26.7. The van der Waals surface area contributed by atoms with Crippen LogP contribution < -0.4 is 14.8 Å². The number of hydrogen-bond acceptors (Lipinski definition) is 4. The molecule has 1 N–H and O–H groups in total. The van der Waals surface area contributed by atoms with Gasteiger partial charge in [-0.05, 0) is 43.5 Å². The van der Waals surface area contributed by atoms with E-state index in [1.165, 1.54) is 11.0 Å². The van der Waals surface area contributed by atoms with Crippen LogP contribution in [0.1, 0.15) is 43.1 Å². The Morgan fingerprint density at radius 3 is 2.50 bits per heavy atom. The number of halogens is 1. The van der Waals surface area contributed by atoms with Gasteiger partial charge in [-0.3, -0.25) is 9.59 Å². The van der Waals surface area contributed by atoms with Gasteiger partial charge in [0.15, 0.2) is 11.5 Å². The lowest BCUT2D eigenvalue weighted by Crippen LogP contribution is -2.35. The van der Waals surface area contributed by atoms with E-state index in [4.69, 9.17) is 21.1 Å². The maximum atomic E-state index is 12.9. The van der Waals surface area contributed by atoms with Crippen molar-refractivity contribution in [1.82, 2.24) is 4.90 Å². The molecule has 162 valence electrons. The summed E-state index contributed by atoms with van der Waals surface area (Å²) in [5, 5.41) is 3.17. The molecular formula is C23H29ClN2O4. The molecule has 30 heavy (non-hydrogen) atoms. The van der Waals surface area contributed by atoms with Crippen molar-refractivity contribution in [3.63, 3.8) is 0 Å². The fraction of sp³-hybridized carbons (Fsp3) is 0.391. The molecule has 0 unspecified atom stereocenters. The number of carbonyl (C=O) groups excluding carboxylic acids is 2. The molecule has 6 nitrogen and oxygen atoms in total. The Bertz CT molecular complexity index is 886. The van der Waals surface area contributed by atoms with Crippen molar-refractivity contribution in [2.24, 2.45) is 0 Å². The van der Waals surface area contributed by atoms with Crippen molar-refractivity contribution < 1.29 is 19.1 Å². The van der Waals surface area contributed by atoms with Crippen molar-refractivity contribution in [3.8, 4) is 11.5 Å². The summed E-state index contributed by atoms with van der Waals surface area (Å²) in [7, 11) is 1.57. The van der Waals surface area contributed by atoms with Crippen molar-refractivity contribution >= 4 is 29.1 Å². The van der Waals surface area contributed by atoms with Gasteiger partial charge in [-0.1, -0.05) is 43.6 Å². The molecule has 7 heteroatoms. The molecule has 0 aliphatic rings. The Labute approximate surface area is 183 Å². The molecule has 2 amide bonds. The molecule has 0 heterocycles. The van der Waals surface area contributed by atoms with Gasteiger partial charge in [0.05, 0.1) is 24.8 Å². The number of likely N-dealkylation sites (N-methyl/N-ethyl adjacent to an activating group) is 1. The van der Waals surface area contributed by atoms with Crippen LogP contribution in [0.4, 0.5) is 5.69 Å². The largest absolute Gasteiger partial charge is 0.490 e. The first kappa shape index (κ1) is 23.5. The predicted octanol–water partition coefficient (Wildman–Crippen LogP) is 4.80. The first-order valence-electron chi connectivity index (χ1n) is 10.1. The zero-order chi connectivity index (χ0) is 22.1. The van der Waals surface area contributed by atoms with Crippen molar-refractivity contribution in [1.29, 1.82) is 0 Å². The fourth-order valence-corrected chi connectivity index (χ4v) is 3.21. The van der Waals surface area contributed by atoms with E-state index >= 15 is 0 Å². The smallest absolute Gasteiger partial charge is 0.254 e. The first-order valence-corrected chi connectivity index (χ1v) is 10.5. The third kappa shape index (κ3) is 6.13. The molecule has 0 bridgehead atoms. The summed E-state index contributed by atoms with van der Waals surface area (Å²) in [6.45, 7) is 6.67. The van der Waals surface area contributed by atoms with Gasteiger partial charge in [-0.15, -0.1) is 0 Å². The van der Waals surface area contributed by atoms with Gasteiger partial charge in [0, 0.05) is 18.3 Å². The third-order valence-corrected chi connectivity index (χ3v) is 4.69. The second-order valence-electron chi connectivity index (χ2n) is 6.79. The second kappa shape index (κ2) is 11.5. The highest BCUT2D eigenvalue weighted by Gasteiger charge is 2.20. The highest BCUT2D eigenvalue weighted by Crippen LogP contribution is 2.37. The highest BCUT2D eigenvalue weighted by molar-refractivity contribution is 6.32. The van der Waals surface area contributed by atoms with E-state index < -0.39 is 0 Å². The van der Waals surface area contributed by atoms with Gasteiger partial charge < -0.3 is 19.7 Å². The molecular weight excluding hydrogens is 404 g/mol. The van der Waals surface area contributed by atoms with Crippen LogP contribution in [0.3, 0.4) is 0 Å². The Morgan fingerprint density at radius 1 is 1.10 bits per heavy atom. The van der Waals surface area contributed by atoms with Gasteiger partial charge in [-0.25, -0.2) is 0 Å². The molecule has 2 rings (SSSR count). The zero-order valence-electron chi connectivity index (χ0n) is 18.0. The second-order valence-corrected chi connectivity index (χ2v) is 7.19. The Hall–Kier alpha value is -2.73. The number of anilines is 1. The van der Waals surface area contributed by atoms with Crippen molar-refractivity contribution in [2.45, 2.75) is 33.6 Å². The van der Waals surface area contributed by atoms with Crippen LogP contribution in [0, 0.1) is 0 Å². The number of benzene rings is 2. The Kier molecular flexibility index (Phi) is 8.99. The summed E-state index contributed by atoms with van der Waals surface area (Å²) in [5.74, 6) is 0.231. The number of hydrogen-bond donors (Lipinski definition) is 1. The molecule has 0 saturated heterocycles. The number of aryl methyl sites for hydroxylation is 1. The average Bonchev–Trinajstić information content (AvgIpc) is 2.73. The van der Waals surface area contributed by atoms with Crippen molar-refractivity contribution in [3.05, 3.63) is 52.5 Å². The normalized spacial score (nSPS) is 10.4. The number of carbonyl (C=O) groups is 2. The van der Waals surface area contributed by atoms with Crippen LogP contribution in [0.25, 0.3) is 0 Å². The number of para-hydroxylation sites is 1. The molecule has 0 aromatic heterocycles. The zero-order valence-corrected chi connectivity index (χ0v) is 18.7. The lowest BCUT2D eigenvalue weighted by molar-refractivity contribution is -0.116. The maximum absolute atomic E-state index is 12.9. The highest BCUT2D eigenvalue weighted by atomic mass is 35.5. The number of nitrogens with one attached hydrogen (secondary N) is 1. The minimum Gasteiger partial charge on any atom is -0.490 e. The molecule has 0 fully saturated rings. The summed E-state index contributed by atoms with van der Waals surface area (Å²) in [5.41, 5.74) is 2.12. The van der Waals surface area contributed by atoms with Gasteiger partial charge in [-0.2, -0.15) is 0 Å². The quantitative estimate of drug-likeness (QED) is 0.585. The molecule has 0 atom stereocenters. The molecule has 0 aliphatic carbocycles. The van der Waals surface area contributed by atoms with Gasteiger partial charge in [0.2, 0.25) is 5.91 Å². The van der Waals surface area contributed by atoms with E-state index in [1.807, 2.05) is 45.0 Å². The van der Waals surface area contributed by atoms with Gasteiger partial charge >= 0.3 is 0 Å². The number of nitrogens with zero attached hydrogens (tertiary/aromatic N) is 1. The van der Waals surface area contributed by atoms with E-state index in [2.05, 4.69) is 5.32 Å². The van der Waals surface area contributed by atoms with E-state index in [0.717, 1.165) is 24.1 Å². The van der Waals surface area contributed by atoms with Crippen LogP contribution in [-0.4, -0.2) is 43.5 Å². The topological polar surface area (TPSA) is 67.9 Å². The monoisotopic (exact) mass is 432 g/mol. The van der Waals surface area contributed by atoms with E-state index in [-0.39, 0.29) is 18.4 Å². The standard InChI is InChI=1S/C23H29ClN2O4/c1-5-12-30-22-18(24)13-17(14-20(22)29-7-3)23(28)26(4)15-21(27)25-19-11-9-8-10-16(19)6-2/h8-11,13-14H,5-7,12,15H2,1-4H3,(H,25,27). The van der Waals surface area contributed by atoms with Crippen LogP contribution in [-0.2, 0) is 11.2 Å². The van der Waals surface area contributed by atoms with Gasteiger partial charge in [0.25, 0.3) is 5.91 Å². The summed E-state index contributed by atoms with van der Waals surface area (Å²) < 4.78 is 11.3. The summed E-state index contributed by atoms with van der Waals surface area (Å²) in [6, 6.07) is 10.7. The minimum atomic E-state index is -0.334. The van der Waals surface area contributed by atoms with E-state index in [9.17, 15) is 9.59 Å². The molecule has 2 aromatic carbocycles. The third-order valence-electron chi connectivity index (χ3n) is 4.41. The van der Waals surface area contributed by atoms with Gasteiger partial charge in [0.1, 0.15) is 0 Å². The van der Waals surface area contributed by atoms with Crippen LogP contribution in [0.15, 0.2) is 36.4 Å². The van der Waals surface area contributed by atoms with Crippen LogP contribution in [0.5, 0.6) is 11.5 Å². The minimum absolute atomic E-state index is 0.0907. The summed E-state index contributed by atoms with van der Waals surface area (Å²) >= 11 is 6.35. The van der Waals surface area contributed by atoms with Crippen molar-refractivity contribution in [2.75, 3.05) is 32.1 Å². The number of ether oxygens (including phenoxy) is 2. The van der Waals surface area contributed by atoms with Crippen LogP contribution >= 0.6 is 11.6 Å². The molecule has 0 aliphatic heterocycles. The number of rotatable bonds is 10. The number of amides is 2. The molecule has 2 aromatic rings. The fourth-order valence-electron chi connectivity index (χ4n) is 2.95. The first-order chi connectivity index (χ1) is 14.4. The van der Waals surface area contributed by atoms with E-state index in [1.54, 1.807) is 13.1 Å². The summed E-state index contributed by atoms with van der Waals surface area (Å²) in [6.07, 6.45) is 1.62. The SMILES string of the molecule is CCCOc1c(Cl)cc(C(=O)N(C)CC(=O)Nc2ccccc2CC)cc1OCC.